The highest BCUT2D eigenvalue weighted by Gasteiger charge is 2.22. The summed E-state index contributed by atoms with van der Waals surface area (Å²) in [7, 11) is 0. The summed E-state index contributed by atoms with van der Waals surface area (Å²) in [5.41, 5.74) is 13.6. The van der Waals surface area contributed by atoms with Gasteiger partial charge in [-0.25, -0.2) is 15.0 Å². The predicted octanol–water partition coefficient (Wildman–Crippen LogP) is 13.0. The SMILES string of the molecule is N#Cc1cc2nc(-c3ccccc3)c(-c3ccccc3)nc2c2c(-c3ccc(-c4ccc(-n5c6ccccc6c6ccccc65)cc4)cc3)nc3ccccc3c12. The van der Waals surface area contributed by atoms with Gasteiger partial charge in [0.1, 0.15) is 0 Å². The molecule has 0 spiro atoms. The van der Waals surface area contributed by atoms with Crippen LogP contribution in [0, 0.1) is 11.3 Å². The molecule has 0 radical (unpaired) electrons. The summed E-state index contributed by atoms with van der Waals surface area (Å²) < 4.78 is 2.34. The Morgan fingerprint density at radius 3 is 1.47 bits per heavy atom. The van der Waals surface area contributed by atoms with Crippen LogP contribution in [0.1, 0.15) is 5.56 Å². The summed E-state index contributed by atoms with van der Waals surface area (Å²) in [6, 6.07) is 67.2. The molecule has 5 nitrogen and oxygen atoms in total. The molecule has 57 heavy (non-hydrogen) atoms. The van der Waals surface area contributed by atoms with Crippen LogP contribution in [0.5, 0.6) is 0 Å². The van der Waals surface area contributed by atoms with Gasteiger partial charge in [0.25, 0.3) is 0 Å². The summed E-state index contributed by atoms with van der Waals surface area (Å²) in [5.74, 6) is 0. The van der Waals surface area contributed by atoms with E-state index in [-0.39, 0.29) is 0 Å². The molecule has 0 saturated carbocycles. The molecule has 8 aromatic carbocycles. The van der Waals surface area contributed by atoms with Gasteiger partial charge in [0.2, 0.25) is 0 Å². The Hall–Kier alpha value is -7.94. The minimum Gasteiger partial charge on any atom is -0.309 e. The van der Waals surface area contributed by atoms with Crippen molar-refractivity contribution in [3.05, 3.63) is 194 Å². The molecule has 0 unspecified atom stereocenters. The first-order valence-electron chi connectivity index (χ1n) is 19.0. The molecule has 0 aliphatic rings. The standard InChI is InChI=1S/C52H31N5/c53-32-38-31-44-52(56-51(36-15-5-2-6-16-36)50(55-44)35-13-3-1-4-14-35)48-47(38)42-19-7-10-20-43(42)54-49(48)37-25-23-33(24-26-37)34-27-29-39(30-28-34)57-45-21-11-8-17-40(45)41-18-9-12-22-46(41)57/h1-31H. The second-order valence-corrected chi connectivity index (χ2v) is 14.3. The molecule has 11 rings (SSSR count). The fraction of sp³-hybridized carbons (Fsp3) is 0. The molecule has 264 valence electrons. The summed E-state index contributed by atoms with van der Waals surface area (Å²) in [6.45, 7) is 0. The van der Waals surface area contributed by atoms with E-state index in [1.807, 2.05) is 66.7 Å². The molecule has 0 fully saturated rings. The van der Waals surface area contributed by atoms with Crippen LogP contribution in [0.2, 0.25) is 0 Å². The average Bonchev–Trinajstić information content (AvgIpc) is 3.63. The van der Waals surface area contributed by atoms with E-state index in [1.165, 1.54) is 21.8 Å². The van der Waals surface area contributed by atoms with Crippen molar-refractivity contribution in [1.29, 1.82) is 5.26 Å². The lowest BCUT2D eigenvalue weighted by Crippen LogP contribution is -2.00. The maximum absolute atomic E-state index is 10.7. The van der Waals surface area contributed by atoms with Crippen LogP contribution in [0.4, 0.5) is 0 Å². The maximum Gasteiger partial charge on any atom is 0.0999 e. The van der Waals surface area contributed by atoms with Crippen LogP contribution < -0.4 is 0 Å². The molecule has 11 aromatic rings. The van der Waals surface area contributed by atoms with Crippen molar-refractivity contribution in [3.63, 3.8) is 0 Å². The summed E-state index contributed by atoms with van der Waals surface area (Å²) >= 11 is 0. The lowest BCUT2D eigenvalue weighted by atomic mass is 9.93. The highest BCUT2D eigenvalue weighted by Crippen LogP contribution is 2.41. The van der Waals surface area contributed by atoms with Gasteiger partial charge in [-0.2, -0.15) is 5.26 Å². The van der Waals surface area contributed by atoms with Crippen LogP contribution in [-0.4, -0.2) is 19.5 Å². The zero-order valence-electron chi connectivity index (χ0n) is 30.6. The van der Waals surface area contributed by atoms with Gasteiger partial charge in [-0.3, -0.25) is 0 Å². The fourth-order valence-corrected chi connectivity index (χ4v) is 8.38. The highest BCUT2D eigenvalue weighted by molar-refractivity contribution is 6.22. The Labute approximate surface area is 328 Å². The number of aromatic nitrogens is 4. The van der Waals surface area contributed by atoms with Gasteiger partial charge in [0.15, 0.2) is 0 Å². The van der Waals surface area contributed by atoms with E-state index in [0.29, 0.717) is 16.6 Å². The number of pyridine rings is 1. The number of para-hydroxylation sites is 3. The molecule has 0 amide bonds. The normalized spacial score (nSPS) is 11.5. The molecular weight excluding hydrogens is 695 g/mol. The number of benzene rings is 8. The summed E-state index contributed by atoms with van der Waals surface area (Å²) in [4.78, 5) is 16.0. The van der Waals surface area contributed by atoms with E-state index in [0.717, 1.165) is 72.3 Å². The summed E-state index contributed by atoms with van der Waals surface area (Å²) in [6.07, 6.45) is 0. The minimum atomic E-state index is 0.540. The summed E-state index contributed by atoms with van der Waals surface area (Å²) in [5, 5.41) is 15.7. The molecule has 0 N–H and O–H groups in total. The third-order valence-electron chi connectivity index (χ3n) is 11.0. The number of hydrogen-bond donors (Lipinski definition) is 0. The molecule has 3 heterocycles. The third kappa shape index (κ3) is 5.27. The quantitative estimate of drug-likeness (QED) is 0.166. The molecule has 0 bridgehead atoms. The van der Waals surface area contributed by atoms with E-state index in [2.05, 4.69) is 132 Å². The van der Waals surface area contributed by atoms with E-state index >= 15 is 0 Å². The van der Waals surface area contributed by atoms with Crippen LogP contribution in [0.25, 0.3) is 105 Å². The second-order valence-electron chi connectivity index (χ2n) is 14.3. The van der Waals surface area contributed by atoms with E-state index in [1.54, 1.807) is 0 Å². The monoisotopic (exact) mass is 725 g/mol. The first-order chi connectivity index (χ1) is 28.2. The minimum absolute atomic E-state index is 0.540. The zero-order valence-corrected chi connectivity index (χ0v) is 30.6. The van der Waals surface area contributed by atoms with Crippen molar-refractivity contribution in [2.45, 2.75) is 0 Å². The zero-order chi connectivity index (χ0) is 37.9. The lowest BCUT2D eigenvalue weighted by Gasteiger charge is -2.16. The van der Waals surface area contributed by atoms with Crippen LogP contribution in [-0.2, 0) is 0 Å². The van der Waals surface area contributed by atoms with Crippen molar-refractivity contribution >= 4 is 54.5 Å². The largest absolute Gasteiger partial charge is 0.309 e. The second kappa shape index (κ2) is 13.1. The van der Waals surface area contributed by atoms with Crippen molar-refractivity contribution in [2.24, 2.45) is 0 Å². The Morgan fingerprint density at radius 2 is 0.860 bits per heavy atom. The van der Waals surface area contributed by atoms with Gasteiger partial charge in [-0.15, -0.1) is 0 Å². The Bertz CT molecular complexity index is 3330. The molecule has 3 aromatic heterocycles. The van der Waals surface area contributed by atoms with Gasteiger partial charge in [-0.1, -0.05) is 152 Å². The number of nitrogens with zero attached hydrogens (tertiary/aromatic N) is 5. The molecule has 0 aliphatic carbocycles. The topological polar surface area (TPSA) is 67.4 Å². The van der Waals surface area contributed by atoms with Gasteiger partial charge in [0.05, 0.1) is 56.3 Å². The first-order valence-corrected chi connectivity index (χ1v) is 19.0. The molecule has 5 heteroatoms. The Morgan fingerprint density at radius 1 is 0.386 bits per heavy atom. The molecular formula is C52H31N5. The van der Waals surface area contributed by atoms with Crippen LogP contribution in [0.15, 0.2) is 188 Å². The molecule has 0 aliphatic heterocycles. The van der Waals surface area contributed by atoms with Gasteiger partial charge in [-0.05, 0) is 47.5 Å². The Kier molecular flexibility index (Phi) is 7.48. The van der Waals surface area contributed by atoms with E-state index in [9.17, 15) is 5.26 Å². The average molecular weight is 726 g/mol. The van der Waals surface area contributed by atoms with Crippen molar-refractivity contribution < 1.29 is 0 Å². The van der Waals surface area contributed by atoms with Gasteiger partial charge < -0.3 is 4.57 Å². The van der Waals surface area contributed by atoms with Crippen LogP contribution in [0.3, 0.4) is 0 Å². The van der Waals surface area contributed by atoms with E-state index < -0.39 is 0 Å². The first kappa shape index (κ1) is 32.5. The number of fused-ring (bicyclic) bond motifs is 8. The fourth-order valence-electron chi connectivity index (χ4n) is 8.38. The Balaban J connectivity index is 1.08. The molecule has 0 atom stereocenters. The van der Waals surface area contributed by atoms with Crippen LogP contribution >= 0.6 is 0 Å². The van der Waals surface area contributed by atoms with Gasteiger partial charge >= 0.3 is 0 Å². The lowest BCUT2D eigenvalue weighted by molar-refractivity contribution is 1.18. The van der Waals surface area contributed by atoms with E-state index in [4.69, 9.17) is 15.0 Å². The predicted molar refractivity (Wildman–Crippen MR) is 233 cm³/mol. The maximum atomic E-state index is 10.7. The number of rotatable bonds is 5. The number of hydrogen-bond acceptors (Lipinski definition) is 4. The highest BCUT2D eigenvalue weighted by atomic mass is 15.0. The molecule has 0 saturated heterocycles. The smallest absolute Gasteiger partial charge is 0.0999 e. The van der Waals surface area contributed by atoms with Gasteiger partial charge in [0, 0.05) is 49.3 Å². The van der Waals surface area contributed by atoms with Crippen molar-refractivity contribution in [2.75, 3.05) is 0 Å². The van der Waals surface area contributed by atoms with Crippen molar-refractivity contribution in [1.82, 2.24) is 19.5 Å². The third-order valence-corrected chi connectivity index (χ3v) is 11.0. The van der Waals surface area contributed by atoms with Crippen molar-refractivity contribution in [3.8, 4) is 56.7 Å². The number of nitriles is 1.